The van der Waals surface area contributed by atoms with Crippen LogP contribution >= 0.6 is 0 Å². The minimum absolute atomic E-state index is 0.0201. The number of ketones is 2. The number of nitrogen functional groups attached to an aromatic ring is 1. The number of carbonyl (C=O) groups excluding carboxylic acids is 2. The van der Waals surface area contributed by atoms with Gasteiger partial charge >= 0.3 is 0 Å². The Hall–Kier alpha value is -2.44. The van der Waals surface area contributed by atoms with Crippen molar-refractivity contribution in [1.82, 2.24) is 0 Å². The van der Waals surface area contributed by atoms with E-state index in [1.54, 1.807) is 36.4 Å². The Morgan fingerprint density at radius 3 is 2.72 bits per heavy atom. The molecule has 0 saturated heterocycles. The van der Waals surface area contributed by atoms with Gasteiger partial charge in [0, 0.05) is 17.5 Å². The summed E-state index contributed by atoms with van der Waals surface area (Å²) >= 11 is 0. The molecule has 4 aliphatic carbocycles. The number of allylic oxidation sites excluding steroid dienone is 4. The Kier molecular flexibility index (Phi) is 5.25. The van der Waals surface area contributed by atoms with Gasteiger partial charge in [-0.3, -0.25) is 9.59 Å². The number of nitrogens with two attached hydrogens (primary N) is 1. The molecule has 8 atom stereocenters. The van der Waals surface area contributed by atoms with Gasteiger partial charge in [0.15, 0.2) is 5.78 Å². The second kappa shape index (κ2) is 7.85. The van der Waals surface area contributed by atoms with E-state index in [2.05, 4.69) is 6.92 Å². The summed E-state index contributed by atoms with van der Waals surface area (Å²) in [5.74, 6) is 0.720. The minimum Gasteiger partial charge on any atom is -0.486 e. The Bertz CT molecular complexity index is 982. The monoisotopic (exact) mass is 437 g/mol. The molecule has 1 aromatic rings. The topological polar surface area (TPSA) is 110 Å². The molecule has 0 aromatic heterocycles. The van der Waals surface area contributed by atoms with E-state index in [9.17, 15) is 19.8 Å². The van der Waals surface area contributed by atoms with Crippen LogP contribution < -0.4 is 10.5 Å². The van der Waals surface area contributed by atoms with Crippen LogP contribution in [-0.2, 0) is 9.59 Å². The zero-order chi connectivity index (χ0) is 22.6. The highest BCUT2D eigenvalue weighted by molar-refractivity contribution is 6.01. The first kappa shape index (κ1) is 21.4. The fourth-order valence-electron chi connectivity index (χ4n) is 7.00. The van der Waals surface area contributed by atoms with Crippen LogP contribution in [0.4, 0.5) is 5.69 Å². The predicted octanol–water partition coefficient (Wildman–Crippen LogP) is 2.69. The molecule has 4 N–H and O–H groups in total. The minimum atomic E-state index is -1.47. The molecule has 32 heavy (non-hydrogen) atoms. The zero-order valence-electron chi connectivity index (χ0n) is 18.3. The highest BCUT2D eigenvalue weighted by Gasteiger charge is 2.60. The number of aliphatic hydroxyl groups excluding tert-OH is 1. The van der Waals surface area contributed by atoms with Crippen LogP contribution in [0, 0.1) is 35.5 Å². The first-order valence-corrected chi connectivity index (χ1v) is 11.6. The van der Waals surface area contributed by atoms with Gasteiger partial charge in [0.05, 0.1) is 6.10 Å². The first-order valence-electron chi connectivity index (χ1n) is 11.6. The molecule has 0 bridgehead atoms. The molecule has 0 amide bonds. The van der Waals surface area contributed by atoms with Crippen LogP contribution in [0.15, 0.2) is 48.1 Å². The fourth-order valence-corrected chi connectivity index (χ4v) is 7.00. The van der Waals surface area contributed by atoms with Gasteiger partial charge < -0.3 is 20.7 Å². The van der Waals surface area contributed by atoms with Crippen molar-refractivity contribution >= 4 is 17.3 Å². The van der Waals surface area contributed by atoms with Gasteiger partial charge in [0.25, 0.3) is 0 Å². The van der Waals surface area contributed by atoms with Gasteiger partial charge in [-0.05, 0) is 85.8 Å². The summed E-state index contributed by atoms with van der Waals surface area (Å²) in [6, 6.07) is 6.82. The maximum Gasteiger partial charge on any atom is 0.201 e. The second-order valence-corrected chi connectivity index (χ2v) is 10.1. The highest BCUT2D eigenvalue weighted by Crippen LogP contribution is 2.59. The van der Waals surface area contributed by atoms with E-state index in [4.69, 9.17) is 10.5 Å². The Morgan fingerprint density at radius 2 is 1.97 bits per heavy atom. The molecule has 0 radical (unpaired) electrons. The lowest BCUT2D eigenvalue weighted by atomic mass is 9.53. The Labute approximate surface area is 188 Å². The molecule has 6 heteroatoms. The second-order valence-electron chi connectivity index (χ2n) is 10.1. The van der Waals surface area contributed by atoms with Crippen molar-refractivity contribution in [2.24, 2.45) is 35.5 Å². The summed E-state index contributed by atoms with van der Waals surface area (Å²) in [6.07, 6.45) is 7.14. The largest absolute Gasteiger partial charge is 0.486 e. The summed E-state index contributed by atoms with van der Waals surface area (Å²) in [7, 11) is 0. The van der Waals surface area contributed by atoms with Crippen molar-refractivity contribution in [2.45, 2.75) is 44.3 Å². The SMILES string of the molecule is C[C@H]1C[C@H]2[C@@H]3CC[C@](O)(C(=O)COc4ccc(N)cc4)[C@H]3C[C@H](O)[C@@H]2C2C=CC(=O)C=C21. The molecule has 1 aromatic carbocycles. The number of anilines is 1. The number of rotatable bonds is 4. The summed E-state index contributed by atoms with van der Waals surface area (Å²) in [5.41, 5.74) is 5.96. The van der Waals surface area contributed by atoms with Crippen LogP contribution in [0.3, 0.4) is 0 Å². The molecule has 0 aliphatic heterocycles. The van der Waals surface area contributed by atoms with Crippen LogP contribution in [0.25, 0.3) is 0 Å². The van der Waals surface area contributed by atoms with E-state index in [-0.39, 0.29) is 53.7 Å². The third-order valence-electron chi connectivity index (χ3n) is 8.48. The lowest BCUT2D eigenvalue weighted by Gasteiger charge is -2.53. The Morgan fingerprint density at radius 1 is 1.22 bits per heavy atom. The van der Waals surface area contributed by atoms with Crippen LogP contribution in [0.1, 0.15) is 32.6 Å². The lowest BCUT2D eigenvalue weighted by molar-refractivity contribution is -0.152. The highest BCUT2D eigenvalue weighted by atomic mass is 16.5. The van der Waals surface area contributed by atoms with Gasteiger partial charge in [-0.1, -0.05) is 18.6 Å². The summed E-state index contributed by atoms with van der Waals surface area (Å²) in [6.45, 7) is 1.94. The molecule has 6 nitrogen and oxygen atoms in total. The number of hydrogen-bond donors (Lipinski definition) is 3. The smallest absolute Gasteiger partial charge is 0.201 e. The number of hydrogen-bond acceptors (Lipinski definition) is 6. The van der Waals surface area contributed by atoms with E-state index in [1.165, 1.54) is 0 Å². The molecule has 3 fully saturated rings. The van der Waals surface area contributed by atoms with Crippen molar-refractivity contribution < 1.29 is 24.5 Å². The van der Waals surface area contributed by atoms with Gasteiger partial charge in [0.2, 0.25) is 5.78 Å². The van der Waals surface area contributed by atoms with Crippen molar-refractivity contribution in [3.63, 3.8) is 0 Å². The molecule has 3 saturated carbocycles. The van der Waals surface area contributed by atoms with E-state index < -0.39 is 11.7 Å². The molecule has 0 heterocycles. The molecule has 0 spiro atoms. The van der Waals surface area contributed by atoms with Crippen molar-refractivity contribution in [3.8, 4) is 5.75 Å². The number of aliphatic hydroxyl groups is 2. The molecule has 170 valence electrons. The molecule has 4 aliphatic rings. The van der Waals surface area contributed by atoms with Gasteiger partial charge in [-0.15, -0.1) is 0 Å². The average Bonchev–Trinajstić information content (AvgIpc) is 3.11. The first-order chi connectivity index (χ1) is 15.3. The van der Waals surface area contributed by atoms with Crippen molar-refractivity contribution in [1.29, 1.82) is 0 Å². The van der Waals surface area contributed by atoms with Crippen LogP contribution in [-0.4, -0.2) is 40.1 Å². The van der Waals surface area contributed by atoms with E-state index in [0.717, 1.165) is 18.4 Å². The molecular formula is C26H31NO5. The van der Waals surface area contributed by atoms with Crippen molar-refractivity contribution in [3.05, 3.63) is 48.1 Å². The lowest BCUT2D eigenvalue weighted by Crippen LogP contribution is -2.55. The number of benzene rings is 1. The van der Waals surface area contributed by atoms with Crippen LogP contribution in [0.2, 0.25) is 0 Å². The standard InChI is InChI=1S/C26H31NO5/c1-14-10-21-18-8-9-26(31,24(30)13-32-17-5-2-15(27)3-6-17)22(18)12-23(29)25(21)19-7-4-16(28)11-20(14)19/h2-7,11,14,18-19,21-23,25,29,31H,8-10,12-13,27H2,1H3/t14-,18-,19?,21-,22-,23-,25+,26+/m0/s1. The molecular weight excluding hydrogens is 406 g/mol. The molecule has 5 rings (SSSR count). The Balaban J connectivity index is 1.34. The third kappa shape index (κ3) is 3.41. The van der Waals surface area contributed by atoms with Gasteiger partial charge in [-0.2, -0.15) is 0 Å². The maximum atomic E-state index is 13.1. The molecule has 1 unspecified atom stereocenters. The number of ether oxygens (including phenoxy) is 1. The van der Waals surface area contributed by atoms with E-state index in [0.29, 0.717) is 24.3 Å². The van der Waals surface area contributed by atoms with Crippen molar-refractivity contribution in [2.75, 3.05) is 12.3 Å². The van der Waals surface area contributed by atoms with Gasteiger partial charge in [-0.25, -0.2) is 0 Å². The number of carbonyl (C=O) groups is 2. The fraction of sp³-hybridized carbons (Fsp3) is 0.538. The summed E-state index contributed by atoms with van der Waals surface area (Å²) in [5, 5.41) is 22.7. The average molecular weight is 438 g/mol. The predicted molar refractivity (Wildman–Crippen MR) is 120 cm³/mol. The van der Waals surface area contributed by atoms with E-state index in [1.807, 2.05) is 6.08 Å². The third-order valence-corrected chi connectivity index (χ3v) is 8.48. The normalized spacial score (nSPS) is 40.2. The summed E-state index contributed by atoms with van der Waals surface area (Å²) in [4.78, 5) is 25.0. The number of fused-ring (bicyclic) bond motifs is 5. The number of Topliss-reactive ketones (excluding diaryl/α,β-unsaturated/α-hetero) is 1. The van der Waals surface area contributed by atoms with Crippen LogP contribution in [0.5, 0.6) is 5.75 Å². The quantitative estimate of drug-likeness (QED) is 0.625. The summed E-state index contributed by atoms with van der Waals surface area (Å²) < 4.78 is 5.64. The van der Waals surface area contributed by atoms with Gasteiger partial charge in [0.1, 0.15) is 18.0 Å². The van der Waals surface area contributed by atoms with E-state index >= 15 is 0 Å². The zero-order valence-corrected chi connectivity index (χ0v) is 18.3. The maximum absolute atomic E-state index is 13.1.